The highest BCUT2D eigenvalue weighted by Gasteiger charge is 2.05. The number of alkyl halides is 1. The first-order valence-electron chi connectivity index (χ1n) is 3.14. The Balaban J connectivity index is 0. The maximum Gasteiger partial charge on any atom is 0.320 e. The SMILES string of the molecule is CCC(N)C(=O)O.CCCl. The molecule has 0 aliphatic heterocycles. The first-order valence-corrected chi connectivity index (χ1v) is 3.67. The van der Waals surface area contributed by atoms with Crippen molar-refractivity contribution in [2.75, 3.05) is 5.88 Å². The number of carboxylic acids is 1. The lowest BCUT2D eigenvalue weighted by molar-refractivity contribution is -0.138. The summed E-state index contributed by atoms with van der Waals surface area (Å²) in [5, 5.41) is 8.06. The highest BCUT2D eigenvalue weighted by atomic mass is 35.5. The van der Waals surface area contributed by atoms with Gasteiger partial charge in [0.2, 0.25) is 0 Å². The van der Waals surface area contributed by atoms with Gasteiger partial charge in [0.05, 0.1) is 0 Å². The quantitative estimate of drug-likeness (QED) is 0.605. The number of hydrogen-bond acceptors (Lipinski definition) is 2. The largest absolute Gasteiger partial charge is 0.480 e. The fourth-order valence-electron chi connectivity index (χ4n) is 0.175. The predicted octanol–water partition coefficient (Wildman–Crippen LogP) is 1.05. The Hall–Kier alpha value is -0.280. The van der Waals surface area contributed by atoms with E-state index < -0.39 is 12.0 Å². The van der Waals surface area contributed by atoms with Crippen LogP contribution in [0, 0.1) is 0 Å². The molecule has 0 aromatic carbocycles. The van der Waals surface area contributed by atoms with Crippen LogP contribution in [0.1, 0.15) is 20.3 Å². The molecule has 0 bridgehead atoms. The molecule has 0 fully saturated rings. The molecule has 4 heteroatoms. The molecular formula is C6H14ClNO2. The second-order valence-corrected chi connectivity index (χ2v) is 2.15. The first-order chi connectivity index (χ1) is 4.59. The van der Waals surface area contributed by atoms with Crippen molar-refractivity contribution >= 4 is 17.6 Å². The van der Waals surface area contributed by atoms with Gasteiger partial charge in [-0.3, -0.25) is 4.79 Å². The van der Waals surface area contributed by atoms with Gasteiger partial charge in [0.15, 0.2) is 0 Å². The van der Waals surface area contributed by atoms with Crippen molar-refractivity contribution in [3.63, 3.8) is 0 Å². The maximum atomic E-state index is 9.81. The Morgan fingerprint density at radius 3 is 2.00 bits per heavy atom. The molecule has 0 rings (SSSR count). The van der Waals surface area contributed by atoms with Gasteiger partial charge in [-0.05, 0) is 6.42 Å². The van der Waals surface area contributed by atoms with Gasteiger partial charge in [0.25, 0.3) is 0 Å². The molecular weight excluding hydrogens is 154 g/mol. The van der Waals surface area contributed by atoms with Gasteiger partial charge in [-0.1, -0.05) is 13.8 Å². The Labute approximate surface area is 66.2 Å². The highest BCUT2D eigenvalue weighted by molar-refractivity contribution is 6.17. The molecule has 0 amide bonds. The first kappa shape index (κ1) is 12.4. The summed E-state index contributed by atoms with van der Waals surface area (Å²) < 4.78 is 0. The van der Waals surface area contributed by atoms with Crippen molar-refractivity contribution in [3.8, 4) is 0 Å². The molecule has 0 aliphatic rings. The Morgan fingerprint density at radius 1 is 1.70 bits per heavy atom. The number of carboxylic acid groups (broad SMARTS) is 1. The summed E-state index contributed by atoms with van der Waals surface area (Å²) in [5.74, 6) is -0.206. The molecule has 0 saturated heterocycles. The molecule has 3 nitrogen and oxygen atoms in total. The van der Waals surface area contributed by atoms with E-state index in [1.807, 2.05) is 6.92 Å². The summed E-state index contributed by atoms with van der Waals surface area (Å²) in [5.41, 5.74) is 5.02. The zero-order valence-electron chi connectivity index (χ0n) is 6.30. The van der Waals surface area contributed by atoms with Crippen molar-refractivity contribution in [1.82, 2.24) is 0 Å². The van der Waals surface area contributed by atoms with E-state index in [2.05, 4.69) is 0 Å². The van der Waals surface area contributed by atoms with Gasteiger partial charge < -0.3 is 10.8 Å². The van der Waals surface area contributed by atoms with Gasteiger partial charge in [0.1, 0.15) is 6.04 Å². The van der Waals surface area contributed by atoms with E-state index in [0.717, 1.165) is 5.88 Å². The lowest BCUT2D eigenvalue weighted by atomic mass is 10.2. The Bertz CT molecular complexity index is 87.8. The molecule has 3 N–H and O–H groups in total. The number of carbonyl (C=O) groups is 1. The molecule has 1 unspecified atom stereocenters. The van der Waals surface area contributed by atoms with E-state index in [1.54, 1.807) is 6.92 Å². The summed E-state index contributed by atoms with van der Waals surface area (Å²) in [6.07, 6.45) is 0.495. The molecule has 0 radical (unpaired) electrons. The number of halogens is 1. The van der Waals surface area contributed by atoms with Gasteiger partial charge in [-0.15, -0.1) is 11.6 Å². The van der Waals surface area contributed by atoms with Crippen LogP contribution in [0.5, 0.6) is 0 Å². The van der Waals surface area contributed by atoms with Crippen LogP contribution in [0.4, 0.5) is 0 Å². The van der Waals surface area contributed by atoms with Crippen LogP contribution in [0.15, 0.2) is 0 Å². The van der Waals surface area contributed by atoms with Crippen LogP contribution >= 0.6 is 11.6 Å². The zero-order chi connectivity index (χ0) is 8.57. The molecule has 0 aliphatic carbocycles. The molecule has 0 aromatic rings. The van der Waals surface area contributed by atoms with Gasteiger partial charge >= 0.3 is 5.97 Å². The van der Waals surface area contributed by atoms with E-state index in [1.165, 1.54) is 0 Å². The normalized spacial score (nSPS) is 11.2. The van der Waals surface area contributed by atoms with E-state index in [9.17, 15) is 4.79 Å². The molecule has 0 aromatic heterocycles. The summed E-state index contributed by atoms with van der Waals surface area (Å²) in [6, 6.07) is -0.681. The van der Waals surface area contributed by atoms with Crippen molar-refractivity contribution < 1.29 is 9.90 Å². The fourth-order valence-corrected chi connectivity index (χ4v) is 0.175. The van der Waals surface area contributed by atoms with Crippen LogP contribution in [-0.4, -0.2) is 23.0 Å². The minimum absolute atomic E-state index is 0.495. The predicted molar refractivity (Wildman–Crippen MR) is 42.3 cm³/mol. The van der Waals surface area contributed by atoms with Crippen molar-refractivity contribution in [2.45, 2.75) is 26.3 Å². The molecule has 1 atom stereocenters. The Morgan fingerprint density at radius 2 is 2.00 bits per heavy atom. The van der Waals surface area contributed by atoms with Crippen LogP contribution in [-0.2, 0) is 4.79 Å². The average molecular weight is 168 g/mol. The molecule has 0 spiro atoms. The standard InChI is InChI=1S/C4H9NO2.C2H5Cl/c1-2-3(5)4(6)7;1-2-3/h3H,2,5H2,1H3,(H,6,7);2H2,1H3. The van der Waals surface area contributed by atoms with Crippen LogP contribution < -0.4 is 5.73 Å². The average Bonchev–Trinajstić information content (AvgIpc) is 1.88. The second kappa shape index (κ2) is 8.72. The Kier molecular flexibility index (Phi) is 10.8. The van der Waals surface area contributed by atoms with Crippen molar-refractivity contribution in [3.05, 3.63) is 0 Å². The lowest BCUT2D eigenvalue weighted by Crippen LogP contribution is -2.28. The van der Waals surface area contributed by atoms with Gasteiger partial charge in [0, 0.05) is 5.88 Å². The summed E-state index contributed by atoms with van der Waals surface area (Å²) in [6.45, 7) is 3.63. The third kappa shape index (κ3) is 10.7. The molecule has 62 valence electrons. The lowest BCUT2D eigenvalue weighted by Gasteiger charge is -1.97. The fraction of sp³-hybridized carbons (Fsp3) is 0.833. The van der Waals surface area contributed by atoms with E-state index >= 15 is 0 Å². The van der Waals surface area contributed by atoms with Gasteiger partial charge in [-0.25, -0.2) is 0 Å². The van der Waals surface area contributed by atoms with Crippen molar-refractivity contribution in [2.24, 2.45) is 5.73 Å². The number of aliphatic carboxylic acids is 1. The number of nitrogens with two attached hydrogens (primary N) is 1. The van der Waals surface area contributed by atoms with E-state index in [4.69, 9.17) is 22.4 Å². The summed E-state index contributed by atoms with van der Waals surface area (Å²) in [4.78, 5) is 9.81. The van der Waals surface area contributed by atoms with Gasteiger partial charge in [-0.2, -0.15) is 0 Å². The zero-order valence-corrected chi connectivity index (χ0v) is 7.06. The molecule has 0 saturated carbocycles. The number of rotatable bonds is 2. The topological polar surface area (TPSA) is 63.3 Å². The van der Waals surface area contributed by atoms with Crippen molar-refractivity contribution in [1.29, 1.82) is 0 Å². The van der Waals surface area contributed by atoms with Crippen LogP contribution in [0.2, 0.25) is 0 Å². The monoisotopic (exact) mass is 167 g/mol. The minimum Gasteiger partial charge on any atom is -0.480 e. The summed E-state index contributed by atoms with van der Waals surface area (Å²) in [7, 11) is 0. The third-order valence-corrected chi connectivity index (χ3v) is 0.757. The highest BCUT2D eigenvalue weighted by Crippen LogP contribution is 1.82. The summed E-state index contributed by atoms with van der Waals surface area (Å²) >= 11 is 5.00. The second-order valence-electron chi connectivity index (χ2n) is 1.62. The van der Waals surface area contributed by atoms with Crippen LogP contribution in [0.25, 0.3) is 0 Å². The van der Waals surface area contributed by atoms with E-state index in [-0.39, 0.29) is 0 Å². The smallest absolute Gasteiger partial charge is 0.320 e. The maximum absolute atomic E-state index is 9.81. The molecule has 0 heterocycles. The third-order valence-electron chi connectivity index (χ3n) is 0.757. The molecule has 10 heavy (non-hydrogen) atoms. The van der Waals surface area contributed by atoms with Crippen LogP contribution in [0.3, 0.4) is 0 Å². The number of hydrogen-bond donors (Lipinski definition) is 2. The van der Waals surface area contributed by atoms with E-state index in [0.29, 0.717) is 6.42 Å². The minimum atomic E-state index is -0.928.